The van der Waals surface area contributed by atoms with Crippen molar-refractivity contribution in [2.75, 3.05) is 5.32 Å². The van der Waals surface area contributed by atoms with Crippen molar-refractivity contribution in [3.05, 3.63) is 28.9 Å². The highest BCUT2D eigenvalue weighted by atomic mass is 32.1. The van der Waals surface area contributed by atoms with Crippen LogP contribution in [0.1, 0.15) is 51.1 Å². The van der Waals surface area contributed by atoms with Crippen molar-refractivity contribution in [1.29, 1.82) is 0 Å². The van der Waals surface area contributed by atoms with Gasteiger partial charge in [0.15, 0.2) is 5.13 Å². The smallest absolute Gasteiger partial charge is 0.228 e. The van der Waals surface area contributed by atoms with Crippen LogP contribution in [0.2, 0.25) is 0 Å². The van der Waals surface area contributed by atoms with Gasteiger partial charge < -0.3 is 9.73 Å². The monoisotopic (exact) mass is 319 g/mol. The predicted octanol–water partition coefficient (Wildman–Crippen LogP) is 4.19. The Morgan fingerprint density at radius 1 is 1.27 bits per heavy atom. The number of thiazole rings is 1. The largest absolute Gasteiger partial charge is 0.441 e. The summed E-state index contributed by atoms with van der Waals surface area (Å²) >= 11 is 1.41. The Morgan fingerprint density at radius 3 is 2.59 bits per heavy atom. The van der Waals surface area contributed by atoms with Gasteiger partial charge in [-0.3, -0.25) is 4.79 Å². The molecule has 5 nitrogen and oxygen atoms in total. The quantitative estimate of drug-likeness (QED) is 0.917. The Balaban J connectivity index is 2.03. The summed E-state index contributed by atoms with van der Waals surface area (Å²) in [5.74, 6) is 1.31. The van der Waals surface area contributed by atoms with Crippen molar-refractivity contribution in [3.8, 4) is 0 Å². The number of amides is 1. The van der Waals surface area contributed by atoms with E-state index in [0.717, 1.165) is 10.6 Å². The minimum atomic E-state index is -0.0639. The van der Waals surface area contributed by atoms with Gasteiger partial charge in [0.05, 0.1) is 6.20 Å². The first-order chi connectivity index (χ1) is 10.3. The minimum Gasteiger partial charge on any atom is -0.441 e. The molecule has 0 aliphatic rings. The number of hydrogen-bond donors (Lipinski definition) is 1. The Morgan fingerprint density at radius 2 is 2.00 bits per heavy atom. The number of nitrogens with one attached hydrogen (secondary N) is 1. The number of aromatic nitrogens is 2. The second-order valence-corrected chi connectivity index (χ2v) is 7.42. The van der Waals surface area contributed by atoms with Gasteiger partial charge in [0.1, 0.15) is 5.76 Å². The van der Waals surface area contributed by atoms with Gasteiger partial charge >= 0.3 is 0 Å². The maximum absolute atomic E-state index is 11.6. The Hall–Kier alpha value is -1.95. The molecule has 0 unspecified atom stereocenters. The van der Waals surface area contributed by atoms with Crippen LogP contribution in [0.5, 0.6) is 0 Å². The fourth-order valence-electron chi connectivity index (χ4n) is 1.54. The third-order valence-corrected chi connectivity index (χ3v) is 3.81. The van der Waals surface area contributed by atoms with Gasteiger partial charge in [-0.2, -0.15) is 0 Å². The third-order valence-electron chi connectivity index (χ3n) is 2.93. The summed E-state index contributed by atoms with van der Waals surface area (Å²) in [7, 11) is 0. The SMILES string of the molecule is CC(C)C(=O)Nc1ncc(C=Cc2ncc(C(C)(C)C)o2)s1. The van der Waals surface area contributed by atoms with Crippen molar-refractivity contribution < 1.29 is 9.21 Å². The lowest BCUT2D eigenvalue weighted by Crippen LogP contribution is -2.17. The summed E-state index contributed by atoms with van der Waals surface area (Å²) in [5, 5.41) is 3.38. The zero-order valence-corrected chi connectivity index (χ0v) is 14.3. The van der Waals surface area contributed by atoms with Gasteiger partial charge in [-0.05, 0) is 6.08 Å². The molecule has 2 aromatic heterocycles. The van der Waals surface area contributed by atoms with E-state index in [1.807, 2.05) is 19.9 Å². The van der Waals surface area contributed by atoms with Crippen LogP contribution in [0.15, 0.2) is 16.8 Å². The number of nitrogens with zero attached hydrogens (tertiary/aromatic N) is 2. The topological polar surface area (TPSA) is 68.0 Å². The summed E-state index contributed by atoms with van der Waals surface area (Å²) in [6, 6.07) is 0. The normalized spacial score (nSPS) is 12.3. The first kappa shape index (κ1) is 16.4. The fourth-order valence-corrected chi connectivity index (χ4v) is 2.26. The summed E-state index contributed by atoms with van der Waals surface area (Å²) in [4.78, 5) is 21.0. The Kier molecular flexibility index (Phi) is 4.81. The van der Waals surface area contributed by atoms with E-state index in [2.05, 4.69) is 36.1 Å². The average molecular weight is 319 g/mol. The van der Waals surface area contributed by atoms with E-state index >= 15 is 0 Å². The molecular weight excluding hydrogens is 298 g/mol. The van der Waals surface area contributed by atoms with Crippen LogP contribution in [-0.4, -0.2) is 15.9 Å². The lowest BCUT2D eigenvalue weighted by molar-refractivity contribution is -0.118. The number of rotatable bonds is 4. The number of carbonyl (C=O) groups is 1. The van der Waals surface area contributed by atoms with Crippen molar-refractivity contribution >= 4 is 34.5 Å². The van der Waals surface area contributed by atoms with E-state index in [0.29, 0.717) is 11.0 Å². The second kappa shape index (κ2) is 6.44. The van der Waals surface area contributed by atoms with E-state index in [1.165, 1.54) is 11.3 Å². The van der Waals surface area contributed by atoms with E-state index in [9.17, 15) is 4.79 Å². The average Bonchev–Trinajstić information content (AvgIpc) is 3.04. The summed E-state index contributed by atoms with van der Waals surface area (Å²) < 4.78 is 5.69. The van der Waals surface area contributed by atoms with Crippen LogP contribution >= 0.6 is 11.3 Å². The minimum absolute atomic E-state index is 0.0348. The summed E-state index contributed by atoms with van der Waals surface area (Å²) in [5.41, 5.74) is -0.0577. The van der Waals surface area contributed by atoms with E-state index < -0.39 is 0 Å². The molecule has 0 atom stereocenters. The molecule has 22 heavy (non-hydrogen) atoms. The molecule has 0 aliphatic carbocycles. The van der Waals surface area contributed by atoms with Gasteiger partial charge in [-0.15, -0.1) is 0 Å². The maximum atomic E-state index is 11.6. The molecule has 0 radical (unpaired) electrons. The highest BCUT2D eigenvalue weighted by molar-refractivity contribution is 7.16. The number of oxazole rings is 1. The van der Waals surface area contributed by atoms with E-state index in [-0.39, 0.29) is 17.2 Å². The van der Waals surface area contributed by atoms with Gasteiger partial charge in [0, 0.05) is 28.5 Å². The van der Waals surface area contributed by atoms with Gasteiger partial charge in [0.2, 0.25) is 11.8 Å². The van der Waals surface area contributed by atoms with Gasteiger partial charge in [-0.1, -0.05) is 46.0 Å². The number of carbonyl (C=O) groups excluding carboxylic acids is 1. The van der Waals surface area contributed by atoms with Crippen LogP contribution in [0, 0.1) is 5.92 Å². The molecule has 0 fully saturated rings. The molecule has 0 aromatic carbocycles. The second-order valence-electron chi connectivity index (χ2n) is 6.36. The van der Waals surface area contributed by atoms with Crippen LogP contribution in [0.25, 0.3) is 12.2 Å². The van der Waals surface area contributed by atoms with Crippen molar-refractivity contribution in [1.82, 2.24) is 9.97 Å². The number of hydrogen-bond acceptors (Lipinski definition) is 5. The standard InChI is InChI=1S/C16H21N3O2S/c1-10(2)14(20)19-15-18-8-11(22-15)6-7-13-17-9-12(21-13)16(3,4)5/h6-10H,1-5H3,(H,18,19,20). The van der Waals surface area contributed by atoms with Crippen LogP contribution in [-0.2, 0) is 10.2 Å². The first-order valence-electron chi connectivity index (χ1n) is 7.17. The molecule has 0 bridgehead atoms. The molecule has 0 saturated carbocycles. The molecule has 0 spiro atoms. The van der Waals surface area contributed by atoms with E-state index in [4.69, 9.17) is 4.42 Å². The molecule has 118 valence electrons. The van der Waals surface area contributed by atoms with Crippen LogP contribution in [0.4, 0.5) is 5.13 Å². The van der Waals surface area contributed by atoms with Gasteiger partial charge in [0.25, 0.3) is 0 Å². The summed E-state index contributed by atoms with van der Waals surface area (Å²) in [6.45, 7) is 9.92. The molecule has 2 heterocycles. The zero-order valence-electron chi connectivity index (χ0n) is 13.5. The Bertz CT molecular complexity index is 678. The molecule has 0 saturated heterocycles. The van der Waals surface area contributed by atoms with Crippen LogP contribution < -0.4 is 5.32 Å². The molecule has 2 aromatic rings. The molecule has 1 amide bonds. The van der Waals surface area contributed by atoms with Crippen molar-refractivity contribution in [3.63, 3.8) is 0 Å². The lowest BCUT2D eigenvalue weighted by Gasteiger charge is -2.12. The Labute approximate surface area is 134 Å². The highest BCUT2D eigenvalue weighted by Crippen LogP contribution is 2.24. The molecule has 6 heteroatoms. The van der Waals surface area contributed by atoms with Crippen LogP contribution in [0.3, 0.4) is 0 Å². The fraction of sp³-hybridized carbons (Fsp3) is 0.438. The van der Waals surface area contributed by atoms with Gasteiger partial charge in [-0.25, -0.2) is 9.97 Å². The molecule has 1 N–H and O–H groups in total. The summed E-state index contributed by atoms with van der Waals surface area (Å²) in [6.07, 6.45) is 7.14. The zero-order chi connectivity index (χ0) is 16.3. The molecule has 2 rings (SSSR count). The van der Waals surface area contributed by atoms with Crippen molar-refractivity contribution in [2.24, 2.45) is 5.92 Å². The lowest BCUT2D eigenvalue weighted by atomic mass is 9.94. The number of anilines is 1. The maximum Gasteiger partial charge on any atom is 0.228 e. The van der Waals surface area contributed by atoms with Crippen molar-refractivity contribution in [2.45, 2.75) is 40.0 Å². The molecular formula is C16H21N3O2S. The third kappa shape index (κ3) is 4.27. The predicted molar refractivity (Wildman–Crippen MR) is 89.7 cm³/mol. The van der Waals surface area contributed by atoms with E-state index in [1.54, 1.807) is 18.5 Å². The first-order valence-corrected chi connectivity index (χ1v) is 7.98. The molecule has 0 aliphatic heterocycles. The highest BCUT2D eigenvalue weighted by Gasteiger charge is 2.18.